The Hall–Kier alpha value is -2.01. The van der Waals surface area contributed by atoms with Crippen LogP contribution in [0, 0.1) is 0 Å². The average molecular weight is 250 g/mol. The van der Waals surface area contributed by atoms with E-state index in [1.807, 2.05) is 6.92 Å². The minimum Gasteiger partial charge on any atom is -0.467 e. The van der Waals surface area contributed by atoms with Crippen molar-refractivity contribution < 1.29 is 24.2 Å². The number of aliphatic hydroxyl groups excluding tert-OH is 1. The Morgan fingerprint density at radius 3 is 2.61 bits per heavy atom. The minimum atomic E-state index is -1.90. The number of aliphatic hydroxyl groups is 1. The minimum absolute atomic E-state index is 0.0299. The van der Waals surface area contributed by atoms with Gasteiger partial charge < -0.3 is 9.84 Å². The van der Waals surface area contributed by atoms with Gasteiger partial charge in [0.1, 0.15) is 0 Å². The van der Waals surface area contributed by atoms with Crippen molar-refractivity contribution in [2.24, 2.45) is 0 Å². The number of esters is 1. The van der Waals surface area contributed by atoms with Gasteiger partial charge in [0, 0.05) is 11.1 Å². The normalized spacial score (nSPS) is 11.7. The van der Waals surface area contributed by atoms with Gasteiger partial charge >= 0.3 is 5.97 Å². The number of ether oxygens (including phenoxy) is 1. The molecule has 1 rings (SSSR count). The lowest BCUT2D eigenvalue weighted by Crippen LogP contribution is -2.31. The van der Waals surface area contributed by atoms with Gasteiger partial charge in [-0.15, -0.1) is 0 Å². The van der Waals surface area contributed by atoms with Gasteiger partial charge in [-0.3, -0.25) is 9.59 Å². The molecular weight excluding hydrogens is 236 g/mol. The highest BCUT2D eigenvalue weighted by atomic mass is 16.5. The van der Waals surface area contributed by atoms with E-state index in [1.54, 1.807) is 12.1 Å². The summed E-state index contributed by atoms with van der Waals surface area (Å²) >= 11 is 0. The number of rotatable bonds is 5. The first-order chi connectivity index (χ1) is 8.56. The summed E-state index contributed by atoms with van der Waals surface area (Å²) in [6, 6.07) is 4.71. The van der Waals surface area contributed by atoms with Crippen molar-refractivity contribution in [2.45, 2.75) is 19.4 Å². The molecule has 1 N–H and O–H groups in total. The number of aldehydes is 1. The Morgan fingerprint density at radius 2 is 2.11 bits per heavy atom. The van der Waals surface area contributed by atoms with E-state index in [0.29, 0.717) is 18.3 Å². The van der Waals surface area contributed by atoms with Crippen LogP contribution in [-0.2, 0) is 16.0 Å². The Bertz CT molecular complexity index is 478. The summed E-state index contributed by atoms with van der Waals surface area (Å²) in [5.74, 6) is -1.88. The third-order valence-electron chi connectivity index (χ3n) is 2.63. The van der Waals surface area contributed by atoms with Crippen LogP contribution in [0.25, 0.3) is 0 Å². The van der Waals surface area contributed by atoms with Crippen molar-refractivity contribution in [3.8, 4) is 0 Å². The van der Waals surface area contributed by atoms with Crippen LogP contribution in [0.2, 0.25) is 0 Å². The molecule has 0 saturated heterocycles. The highest BCUT2D eigenvalue weighted by molar-refractivity contribution is 6.14. The molecule has 0 aromatic heterocycles. The third kappa shape index (κ3) is 2.62. The highest BCUT2D eigenvalue weighted by Gasteiger charge is 2.27. The van der Waals surface area contributed by atoms with Gasteiger partial charge in [0.05, 0.1) is 7.11 Å². The molecule has 0 aliphatic carbocycles. The van der Waals surface area contributed by atoms with Gasteiger partial charge in [0.15, 0.2) is 6.29 Å². The molecule has 0 saturated carbocycles. The lowest BCUT2D eigenvalue weighted by molar-refractivity contribution is -0.147. The maximum Gasteiger partial charge on any atom is 0.342 e. The molecule has 0 bridgehead atoms. The maximum atomic E-state index is 11.9. The second-order valence-corrected chi connectivity index (χ2v) is 3.64. The summed E-state index contributed by atoms with van der Waals surface area (Å²) in [6.45, 7) is 1.84. The lowest BCUT2D eigenvalue weighted by atomic mass is 9.95. The first-order valence-electron chi connectivity index (χ1n) is 5.44. The number of carbonyl (C=O) groups excluding carboxylic acids is 3. The molecule has 0 amide bonds. The van der Waals surface area contributed by atoms with Crippen LogP contribution in [0.3, 0.4) is 0 Å². The largest absolute Gasteiger partial charge is 0.467 e. The van der Waals surface area contributed by atoms with Crippen molar-refractivity contribution in [3.05, 3.63) is 34.9 Å². The summed E-state index contributed by atoms with van der Waals surface area (Å²) in [7, 11) is 1.07. The second-order valence-electron chi connectivity index (χ2n) is 3.64. The first-order valence-corrected chi connectivity index (χ1v) is 5.44. The summed E-state index contributed by atoms with van der Waals surface area (Å²) in [5, 5.41) is 9.48. The summed E-state index contributed by atoms with van der Waals surface area (Å²) in [6.07, 6.45) is -0.777. The van der Waals surface area contributed by atoms with Crippen molar-refractivity contribution in [1.29, 1.82) is 0 Å². The molecule has 18 heavy (non-hydrogen) atoms. The summed E-state index contributed by atoms with van der Waals surface area (Å²) in [4.78, 5) is 34.0. The number of hydrogen-bond acceptors (Lipinski definition) is 5. The van der Waals surface area contributed by atoms with E-state index < -0.39 is 17.9 Å². The average Bonchev–Trinajstić information content (AvgIpc) is 2.43. The fourth-order valence-electron chi connectivity index (χ4n) is 1.64. The SMILES string of the molecule is CCc1cccc(C(=O)C(O)C(=O)OC)c1C=O. The molecule has 1 atom stereocenters. The maximum absolute atomic E-state index is 11.9. The molecule has 1 aromatic carbocycles. The van der Waals surface area contributed by atoms with E-state index >= 15 is 0 Å². The Kier molecular flexibility index (Phi) is 4.74. The van der Waals surface area contributed by atoms with Crippen LogP contribution in [0.1, 0.15) is 33.2 Å². The van der Waals surface area contributed by atoms with Crippen molar-refractivity contribution >= 4 is 18.0 Å². The number of aryl methyl sites for hydroxylation is 1. The van der Waals surface area contributed by atoms with Gasteiger partial charge in [-0.1, -0.05) is 25.1 Å². The second kappa shape index (κ2) is 6.07. The molecule has 5 heteroatoms. The van der Waals surface area contributed by atoms with Gasteiger partial charge in [0.2, 0.25) is 11.9 Å². The number of ketones is 1. The fourth-order valence-corrected chi connectivity index (χ4v) is 1.64. The van der Waals surface area contributed by atoms with Gasteiger partial charge in [-0.25, -0.2) is 4.79 Å². The van der Waals surface area contributed by atoms with Crippen LogP contribution in [0.4, 0.5) is 0 Å². The molecule has 5 nitrogen and oxygen atoms in total. The van der Waals surface area contributed by atoms with Crippen LogP contribution >= 0.6 is 0 Å². The molecule has 96 valence electrons. The number of Topliss-reactive ketones (excluding diaryl/α,β-unsaturated/α-hetero) is 1. The Morgan fingerprint density at radius 1 is 1.44 bits per heavy atom. The topological polar surface area (TPSA) is 80.7 Å². The number of methoxy groups -OCH3 is 1. The molecule has 0 fully saturated rings. The smallest absolute Gasteiger partial charge is 0.342 e. The zero-order valence-electron chi connectivity index (χ0n) is 10.2. The van der Waals surface area contributed by atoms with E-state index in [2.05, 4.69) is 4.74 Å². The number of hydrogen-bond donors (Lipinski definition) is 1. The predicted molar refractivity (Wildman–Crippen MR) is 63.6 cm³/mol. The predicted octanol–water partition coefficient (Wildman–Crippen LogP) is 0.778. The van der Waals surface area contributed by atoms with Gasteiger partial charge in [-0.05, 0) is 12.0 Å². The van der Waals surface area contributed by atoms with E-state index in [1.165, 1.54) is 6.07 Å². The molecule has 1 unspecified atom stereocenters. The van der Waals surface area contributed by atoms with E-state index in [4.69, 9.17) is 0 Å². The molecule has 0 radical (unpaired) electrons. The van der Waals surface area contributed by atoms with E-state index in [9.17, 15) is 19.5 Å². The quantitative estimate of drug-likeness (QED) is 0.361. The highest BCUT2D eigenvalue weighted by Crippen LogP contribution is 2.16. The van der Waals surface area contributed by atoms with E-state index in [-0.39, 0.29) is 11.1 Å². The monoisotopic (exact) mass is 250 g/mol. The van der Waals surface area contributed by atoms with Crippen LogP contribution in [-0.4, -0.2) is 36.4 Å². The van der Waals surface area contributed by atoms with Crippen molar-refractivity contribution in [1.82, 2.24) is 0 Å². The van der Waals surface area contributed by atoms with Crippen LogP contribution in [0.15, 0.2) is 18.2 Å². The van der Waals surface area contributed by atoms with Crippen molar-refractivity contribution in [3.63, 3.8) is 0 Å². The first kappa shape index (κ1) is 14.1. The lowest BCUT2D eigenvalue weighted by Gasteiger charge is -2.11. The Balaban J connectivity index is 3.21. The number of carbonyl (C=O) groups is 3. The summed E-state index contributed by atoms with van der Waals surface area (Å²) in [5.41, 5.74) is 0.920. The molecular formula is C13H14O5. The van der Waals surface area contributed by atoms with Gasteiger partial charge in [-0.2, -0.15) is 0 Å². The standard InChI is InChI=1S/C13H14O5/c1-3-8-5-4-6-9(10(8)7-14)11(15)12(16)13(17)18-2/h4-7,12,16H,3H2,1-2H3. The Labute approximate surface area is 104 Å². The van der Waals surface area contributed by atoms with Gasteiger partial charge in [0.25, 0.3) is 0 Å². The van der Waals surface area contributed by atoms with Crippen LogP contribution in [0.5, 0.6) is 0 Å². The number of benzene rings is 1. The third-order valence-corrected chi connectivity index (χ3v) is 2.63. The fraction of sp³-hybridized carbons (Fsp3) is 0.308. The zero-order chi connectivity index (χ0) is 13.7. The zero-order valence-corrected chi connectivity index (χ0v) is 10.2. The molecule has 0 aliphatic heterocycles. The molecule has 1 aromatic rings. The molecule has 0 heterocycles. The molecule has 0 spiro atoms. The van der Waals surface area contributed by atoms with Crippen LogP contribution < -0.4 is 0 Å². The van der Waals surface area contributed by atoms with E-state index in [0.717, 1.165) is 7.11 Å². The van der Waals surface area contributed by atoms with Crippen molar-refractivity contribution in [2.75, 3.05) is 7.11 Å². The molecule has 0 aliphatic rings. The summed E-state index contributed by atoms with van der Waals surface area (Å²) < 4.78 is 4.29.